The van der Waals surface area contributed by atoms with Crippen LogP contribution in [0, 0.1) is 0 Å². The molecule has 0 saturated heterocycles. The fourth-order valence-corrected chi connectivity index (χ4v) is 1.78. The molecular formula is C14H22N4O. The Morgan fingerprint density at radius 1 is 1.47 bits per heavy atom. The van der Waals surface area contributed by atoms with E-state index in [0.29, 0.717) is 11.7 Å². The summed E-state index contributed by atoms with van der Waals surface area (Å²) >= 11 is 0. The zero-order chi connectivity index (χ0) is 13.7. The molecule has 1 aliphatic rings. The van der Waals surface area contributed by atoms with Crippen molar-refractivity contribution in [1.29, 1.82) is 0 Å². The fraction of sp³-hybridized carbons (Fsp3) is 0.571. The van der Waals surface area contributed by atoms with Crippen molar-refractivity contribution in [2.75, 3.05) is 32.5 Å². The Morgan fingerprint density at radius 3 is 2.95 bits per heavy atom. The van der Waals surface area contributed by atoms with Gasteiger partial charge in [0.2, 0.25) is 0 Å². The van der Waals surface area contributed by atoms with Gasteiger partial charge in [-0.05, 0) is 52.0 Å². The lowest BCUT2D eigenvalue weighted by Gasteiger charge is -2.11. The summed E-state index contributed by atoms with van der Waals surface area (Å²) in [6, 6.07) is 4.07. The van der Waals surface area contributed by atoms with Gasteiger partial charge in [-0.3, -0.25) is 9.78 Å². The van der Waals surface area contributed by atoms with Crippen LogP contribution < -0.4 is 10.6 Å². The smallest absolute Gasteiger partial charge is 0.270 e. The van der Waals surface area contributed by atoms with Gasteiger partial charge in [-0.15, -0.1) is 0 Å². The zero-order valence-electron chi connectivity index (χ0n) is 11.6. The van der Waals surface area contributed by atoms with Gasteiger partial charge in [0.05, 0.1) is 0 Å². The molecule has 0 aromatic carbocycles. The number of nitrogens with zero attached hydrogens (tertiary/aromatic N) is 2. The number of nitrogens with one attached hydrogen (secondary N) is 2. The molecule has 1 aromatic rings. The van der Waals surface area contributed by atoms with E-state index in [1.54, 1.807) is 6.20 Å². The van der Waals surface area contributed by atoms with E-state index < -0.39 is 0 Å². The molecular weight excluding hydrogens is 240 g/mol. The van der Waals surface area contributed by atoms with Gasteiger partial charge in [0.15, 0.2) is 0 Å². The van der Waals surface area contributed by atoms with Gasteiger partial charge in [-0.2, -0.15) is 0 Å². The number of anilines is 1. The third-order valence-electron chi connectivity index (χ3n) is 3.02. The van der Waals surface area contributed by atoms with Crippen molar-refractivity contribution in [2.45, 2.75) is 25.3 Å². The summed E-state index contributed by atoms with van der Waals surface area (Å²) in [6.45, 7) is 1.94. The second-order valence-corrected chi connectivity index (χ2v) is 5.26. The standard InChI is InChI=1S/C14H22N4O/c1-18(2)9-3-7-15-12-6-8-16-13(10-12)14(19)17-11-4-5-11/h6,8,10-11H,3-5,7,9H2,1-2H3,(H,15,16)(H,17,19). The molecule has 1 saturated carbocycles. The molecule has 2 rings (SSSR count). The van der Waals surface area contributed by atoms with E-state index in [2.05, 4.69) is 34.6 Å². The van der Waals surface area contributed by atoms with Crippen LogP contribution in [0.15, 0.2) is 18.3 Å². The predicted molar refractivity (Wildman–Crippen MR) is 76.4 cm³/mol. The molecule has 19 heavy (non-hydrogen) atoms. The number of hydrogen-bond donors (Lipinski definition) is 2. The number of carbonyl (C=O) groups excluding carboxylic acids is 1. The Morgan fingerprint density at radius 2 is 2.26 bits per heavy atom. The van der Waals surface area contributed by atoms with Gasteiger partial charge in [0, 0.05) is 24.5 Å². The van der Waals surface area contributed by atoms with E-state index in [4.69, 9.17) is 0 Å². The number of pyridine rings is 1. The van der Waals surface area contributed by atoms with Crippen molar-refractivity contribution in [3.05, 3.63) is 24.0 Å². The van der Waals surface area contributed by atoms with E-state index in [1.807, 2.05) is 12.1 Å². The lowest BCUT2D eigenvalue weighted by atomic mass is 10.3. The molecule has 0 radical (unpaired) electrons. The third kappa shape index (κ3) is 4.87. The summed E-state index contributed by atoms with van der Waals surface area (Å²) < 4.78 is 0. The highest BCUT2D eigenvalue weighted by Crippen LogP contribution is 2.19. The van der Waals surface area contributed by atoms with Crippen LogP contribution in [0.3, 0.4) is 0 Å². The third-order valence-corrected chi connectivity index (χ3v) is 3.02. The SMILES string of the molecule is CN(C)CCCNc1ccnc(C(=O)NC2CC2)c1. The minimum Gasteiger partial charge on any atom is -0.385 e. The quantitative estimate of drug-likeness (QED) is 0.728. The van der Waals surface area contributed by atoms with Gasteiger partial charge in [0.25, 0.3) is 5.91 Å². The van der Waals surface area contributed by atoms with Crippen LogP contribution in [0.1, 0.15) is 29.8 Å². The molecule has 5 nitrogen and oxygen atoms in total. The number of aromatic nitrogens is 1. The average Bonchev–Trinajstić information content (AvgIpc) is 3.19. The molecule has 1 aromatic heterocycles. The van der Waals surface area contributed by atoms with Crippen LogP contribution in [0.5, 0.6) is 0 Å². The normalized spacial score (nSPS) is 14.5. The predicted octanol–water partition coefficient (Wildman–Crippen LogP) is 1.34. The van der Waals surface area contributed by atoms with Crippen molar-refractivity contribution in [3.63, 3.8) is 0 Å². The molecule has 0 atom stereocenters. The van der Waals surface area contributed by atoms with Crippen LogP contribution in [0.25, 0.3) is 0 Å². The summed E-state index contributed by atoms with van der Waals surface area (Å²) in [5, 5.41) is 6.26. The first-order valence-electron chi connectivity index (χ1n) is 6.80. The Balaban J connectivity index is 1.82. The first-order chi connectivity index (χ1) is 9.15. The van der Waals surface area contributed by atoms with Gasteiger partial charge in [0.1, 0.15) is 5.69 Å². The number of amides is 1. The Labute approximate surface area is 114 Å². The minimum absolute atomic E-state index is 0.0700. The number of rotatable bonds is 7. The second kappa shape index (κ2) is 6.52. The molecule has 0 aliphatic heterocycles. The maximum atomic E-state index is 11.9. The lowest BCUT2D eigenvalue weighted by Crippen LogP contribution is -2.26. The summed E-state index contributed by atoms with van der Waals surface area (Å²) in [6.07, 6.45) is 4.93. The summed E-state index contributed by atoms with van der Waals surface area (Å²) in [5.41, 5.74) is 1.44. The topological polar surface area (TPSA) is 57.3 Å². The first kappa shape index (κ1) is 13.8. The van der Waals surface area contributed by atoms with Crippen molar-refractivity contribution < 1.29 is 4.79 Å². The average molecular weight is 262 g/mol. The molecule has 104 valence electrons. The molecule has 1 amide bonds. The first-order valence-corrected chi connectivity index (χ1v) is 6.80. The summed E-state index contributed by atoms with van der Waals surface area (Å²) in [4.78, 5) is 18.1. The lowest BCUT2D eigenvalue weighted by molar-refractivity contribution is 0.0946. The van der Waals surface area contributed by atoms with Crippen molar-refractivity contribution >= 4 is 11.6 Å². The molecule has 0 spiro atoms. The Kier molecular flexibility index (Phi) is 4.74. The van der Waals surface area contributed by atoms with Gasteiger partial charge >= 0.3 is 0 Å². The Hall–Kier alpha value is -1.62. The maximum absolute atomic E-state index is 11.9. The highest BCUT2D eigenvalue weighted by molar-refractivity contribution is 5.93. The van der Waals surface area contributed by atoms with Crippen molar-refractivity contribution in [2.24, 2.45) is 0 Å². The summed E-state index contributed by atoms with van der Waals surface area (Å²) in [5.74, 6) is -0.0700. The number of hydrogen-bond acceptors (Lipinski definition) is 4. The zero-order valence-corrected chi connectivity index (χ0v) is 11.6. The van der Waals surface area contributed by atoms with Crippen LogP contribution in [0.4, 0.5) is 5.69 Å². The fourth-order valence-electron chi connectivity index (χ4n) is 1.78. The summed E-state index contributed by atoms with van der Waals surface area (Å²) in [7, 11) is 4.12. The highest BCUT2D eigenvalue weighted by atomic mass is 16.2. The van der Waals surface area contributed by atoms with E-state index in [1.165, 1.54) is 0 Å². The van der Waals surface area contributed by atoms with Gasteiger partial charge in [-0.1, -0.05) is 0 Å². The Bertz CT molecular complexity index is 429. The molecule has 0 unspecified atom stereocenters. The van der Waals surface area contributed by atoms with Crippen LogP contribution in [-0.2, 0) is 0 Å². The van der Waals surface area contributed by atoms with E-state index in [-0.39, 0.29) is 5.91 Å². The molecule has 1 fully saturated rings. The van der Waals surface area contributed by atoms with E-state index in [9.17, 15) is 4.79 Å². The van der Waals surface area contributed by atoms with Crippen molar-refractivity contribution in [1.82, 2.24) is 15.2 Å². The molecule has 1 heterocycles. The maximum Gasteiger partial charge on any atom is 0.270 e. The van der Waals surface area contributed by atoms with E-state index >= 15 is 0 Å². The van der Waals surface area contributed by atoms with E-state index in [0.717, 1.165) is 38.0 Å². The van der Waals surface area contributed by atoms with Crippen LogP contribution in [0.2, 0.25) is 0 Å². The highest BCUT2D eigenvalue weighted by Gasteiger charge is 2.24. The van der Waals surface area contributed by atoms with Crippen molar-refractivity contribution in [3.8, 4) is 0 Å². The van der Waals surface area contributed by atoms with Gasteiger partial charge in [-0.25, -0.2) is 0 Å². The molecule has 5 heteroatoms. The second-order valence-electron chi connectivity index (χ2n) is 5.26. The van der Waals surface area contributed by atoms with Gasteiger partial charge < -0.3 is 15.5 Å². The molecule has 1 aliphatic carbocycles. The van der Waals surface area contributed by atoms with Crippen LogP contribution >= 0.6 is 0 Å². The molecule has 2 N–H and O–H groups in total. The minimum atomic E-state index is -0.0700. The monoisotopic (exact) mass is 262 g/mol. The molecule has 0 bridgehead atoms. The largest absolute Gasteiger partial charge is 0.385 e. The van der Waals surface area contributed by atoms with Crippen LogP contribution in [-0.4, -0.2) is 49.0 Å². The number of carbonyl (C=O) groups is 1.